The minimum Gasteiger partial charge on any atom is -0.359 e. The van der Waals surface area contributed by atoms with Crippen molar-refractivity contribution in [2.75, 3.05) is 31.6 Å². The highest BCUT2D eigenvalue weighted by Crippen LogP contribution is 2.29. The lowest BCUT2D eigenvalue weighted by molar-refractivity contribution is -0.125. The highest BCUT2D eigenvalue weighted by molar-refractivity contribution is 7.22. The van der Waals surface area contributed by atoms with E-state index in [4.69, 9.17) is 0 Å². The number of nitrogens with zero attached hydrogens (tertiary/aromatic N) is 4. The predicted octanol–water partition coefficient (Wildman–Crippen LogP) is 0.732. The first-order valence-corrected chi connectivity index (χ1v) is 10.4. The van der Waals surface area contributed by atoms with Crippen LogP contribution in [-0.2, 0) is 16.1 Å². The SMILES string of the molecule is CCCCNC(=O)Cn1cnc2nc(N3CCC(C(=O)NC)CC3)sc2c1=O. The number of hydrogen-bond acceptors (Lipinski definition) is 7. The normalized spacial score (nSPS) is 15.0. The molecule has 0 bridgehead atoms. The van der Waals surface area contributed by atoms with Crippen molar-refractivity contribution in [2.24, 2.45) is 5.92 Å². The number of fused-ring (bicyclic) bond motifs is 1. The number of anilines is 1. The molecule has 1 saturated heterocycles. The van der Waals surface area contributed by atoms with Crippen molar-refractivity contribution in [3.05, 3.63) is 16.7 Å². The number of rotatable bonds is 7. The Morgan fingerprint density at radius 2 is 2.07 bits per heavy atom. The maximum Gasteiger partial charge on any atom is 0.273 e. The number of thiazole rings is 1. The van der Waals surface area contributed by atoms with Gasteiger partial charge in [0, 0.05) is 32.6 Å². The van der Waals surface area contributed by atoms with E-state index < -0.39 is 0 Å². The third-order valence-electron chi connectivity index (χ3n) is 4.92. The Morgan fingerprint density at radius 3 is 2.75 bits per heavy atom. The molecule has 2 N–H and O–H groups in total. The van der Waals surface area contributed by atoms with Crippen molar-refractivity contribution in [3.8, 4) is 0 Å². The fraction of sp³-hybridized carbons (Fsp3) is 0.611. The second kappa shape index (κ2) is 9.13. The van der Waals surface area contributed by atoms with Gasteiger partial charge in [0.2, 0.25) is 11.8 Å². The monoisotopic (exact) mass is 406 g/mol. The molecule has 1 aliphatic heterocycles. The van der Waals surface area contributed by atoms with E-state index in [1.165, 1.54) is 22.2 Å². The molecule has 0 saturated carbocycles. The second-order valence-electron chi connectivity index (χ2n) is 6.91. The van der Waals surface area contributed by atoms with Crippen LogP contribution in [0.5, 0.6) is 0 Å². The first kappa shape index (κ1) is 20.2. The zero-order valence-electron chi connectivity index (χ0n) is 16.2. The van der Waals surface area contributed by atoms with Crippen LogP contribution in [0, 0.1) is 5.92 Å². The molecule has 10 heteroatoms. The second-order valence-corrected chi connectivity index (χ2v) is 7.88. The summed E-state index contributed by atoms with van der Waals surface area (Å²) >= 11 is 1.30. The Labute approximate surface area is 167 Å². The summed E-state index contributed by atoms with van der Waals surface area (Å²) < 4.78 is 1.77. The molecular formula is C18H26N6O3S. The van der Waals surface area contributed by atoms with E-state index in [-0.39, 0.29) is 29.8 Å². The molecule has 2 aromatic heterocycles. The zero-order chi connectivity index (χ0) is 20.1. The van der Waals surface area contributed by atoms with Gasteiger partial charge in [0.1, 0.15) is 17.6 Å². The van der Waals surface area contributed by atoms with E-state index in [0.29, 0.717) is 30.0 Å². The average Bonchev–Trinajstić information content (AvgIpc) is 3.15. The van der Waals surface area contributed by atoms with E-state index in [1.54, 1.807) is 7.05 Å². The lowest BCUT2D eigenvalue weighted by Gasteiger charge is -2.30. The molecule has 152 valence electrons. The highest BCUT2D eigenvalue weighted by atomic mass is 32.1. The van der Waals surface area contributed by atoms with Gasteiger partial charge in [-0.15, -0.1) is 0 Å². The molecule has 0 unspecified atom stereocenters. The Balaban J connectivity index is 1.70. The Morgan fingerprint density at radius 1 is 1.32 bits per heavy atom. The van der Waals surface area contributed by atoms with Crippen LogP contribution >= 0.6 is 11.3 Å². The summed E-state index contributed by atoms with van der Waals surface area (Å²) in [7, 11) is 1.66. The standard InChI is InChI=1S/C18H26N6O3S/c1-3-4-7-20-13(25)10-24-11-21-15-14(17(24)27)28-18(22-15)23-8-5-12(6-9-23)16(26)19-2/h11-12H,3-10H2,1-2H3,(H,19,26)(H,20,25). The van der Waals surface area contributed by atoms with E-state index in [0.717, 1.165) is 30.8 Å². The number of aromatic nitrogens is 3. The Kier molecular flexibility index (Phi) is 6.61. The van der Waals surface area contributed by atoms with E-state index >= 15 is 0 Å². The Hall–Kier alpha value is -2.49. The van der Waals surface area contributed by atoms with Gasteiger partial charge in [-0.2, -0.15) is 4.98 Å². The van der Waals surface area contributed by atoms with Crippen LogP contribution in [0.25, 0.3) is 10.3 Å². The smallest absolute Gasteiger partial charge is 0.273 e. The van der Waals surface area contributed by atoms with Crippen LogP contribution in [0.3, 0.4) is 0 Å². The third-order valence-corrected chi connectivity index (χ3v) is 6.01. The summed E-state index contributed by atoms with van der Waals surface area (Å²) in [5.41, 5.74) is 0.153. The van der Waals surface area contributed by atoms with Crippen molar-refractivity contribution < 1.29 is 9.59 Å². The lowest BCUT2D eigenvalue weighted by Crippen LogP contribution is -2.39. The highest BCUT2D eigenvalue weighted by Gasteiger charge is 2.26. The summed E-state index contributed by atoms with van der Waals surface area (Å²) in [5.74, 6) is -0.0966. The van der Waals surface area contributed by atoms with Gasteiger partial charge in [-0.25, -0.2) is 4.98 Å². The summed E-state index contributed by atoms with van der Waals surface area (Å²) in [6.45, 7) is 4.04. The Bertz CT molecular complexity index is 900. The van der Waals surface area contributed by atoms with Gasteiger partial charge >= 0.3 is 0 Å². The third kappa shape index (κ3) is 4.49. The number of piperidine rings is 1. The van der Waals surface area contributed by atoms with Crippen LogP contribution in [0.15, 0.2) is 11.1 Å². The summed E-state index contributed by atoms with van der Waals surface area (Å²) in [6.07, 6.45) is 4.80. The van der Waals surface area contributed by atoms with Gasteiger partial charge in [0.25, 0.3) is 5.56 Å². The van der Waals surface area contributed by atoms with E-state index in [2.05, 4.69) is 32.4 Å². The van der Waals surface area contributed by atoms with E-state index in [9.17, 15) is 14.4 Å². The fourth-order valence-electron chi connectivity index (χ4n) is 3.24. The summed E-state index contributed by atoms with van der Waals surface area (Å²) in [6, 6.07) is 0. The van der Waals surface area contributed by atoms with Gasteiger partial charge in [0.15, 0.2) is 10.8 Å². The number of carbonyl (C=O) groups is 2. The first-order chi connectivity index (χ1) is 13.5. The molecule has 3 heterocycles. The number of nitrogens with one attached hydrogen (secondary N) is 2. The van der Waals surface area contributed by atoms with Crippen molar-refractivity contribution in [2.45, 2.75) is 39.2 Å². The summed E-state index contributed by atoms with van der Waals surface area (Å²) in [4.78, 5) is 47.3. The maximum atomic E-state index is 12.7. The molecule has 0 aliphatic carbocycles. The number of amides is 2. The largest absolute Gasteiger partial charge is 0.359 e. The first-order valence-electron chi connectivity index (χ1n) is 9.62. The molecule has 0 atom stereocenters. The van der Waals surface area contributed by atoms with Crippen LogP contribution in [-0.4, -0.2) is 53.0 Å². The molecule has 0 aromatic carbocycles. The quantitative estimate of drug-likeness (QED) is 0.656. The minimum absolute atomic E-state index is 0.0252. The van der Waals surface area contributed by atoms with Gasteiger partial charge < -0.3 is 15.5 Å². The molecule has 9 nitrogen and oxygen atoms in total. The van der Waals surface area contributed by atoms with Gasteiger partial charge in [-0.05, 0) is 19.3 Å². The molecule has 1 aliphatic rings. The van der Waals surface area contributed by atoms with Crippen molar-refractivity contribution in [3.63, 3.8) is 0 Å². The molecule has 0 radical (unpaired) electrons. The number of carbonyl (C=O) groups excluding carboxylic acids is 2. The van der Waals surface area contributed by atoms with Crippen molar-refractivity contribution >= 4 is 38.6 Å². The molecule has 0 spiro atoms. The topological polar surface area (TPSA) is 109 Å². The van der Waals surface area contributed by atoms with Crippen molar-refractivity contribution in [1.29, 1.82) is 0 Å². The fourth-order valence-corrected chi connectivity index (χ4v) is 4.26. The molecule has 3 rings (SSSR count). The molecule has 2 aromatic rings. The number of hydrogen-bond donors (Lipinski definition) is 2. The van der Waals surface area contributed by atoms with Gasteiger partial charge in [0.05, 0.1) is 0 Å². The lowest BCUT2D eigenvalue weighted by atomic mass is 9.96. The van der Waals surface area contributed by atoms with Crippen LogP contribution < -0.4 is 21.1 Å². The maximum absolute atomic E-state index is 12.7. The zero-order valence-corrected chi connectivity index (χ0v) is 17.0. The van der Waals surface area contributed by atoms with Gasteiger partial charge in [-0.1, -0.05) is 24.7 Å². The minimum atomic E-state index is -0.250. The molecule has 1 fully saturated rings. The predicted molar refractivity (Wildman–Crippen MR) is 109 cm³/mol. The number of unbranched alkanes of at least 4 members (excludes halogenated alkanes) is 1. The van der Waals surface area contributed by atoms with Crippen LogP contribution in [0.4, 0.5) is 5.13 Å². The summed E-state index contributed by atoms with van der Waals surface area (Å²) in [5, 5.41) is 6.24. The van der Waals surface area contributed by atoms with Crippen LogP contribution in [0.2, 0.25) is 0 Å². The van der Waals surface area contributed by atoms with Crippen molar-refractivity contribution in [1.82, 2.24) is 25.2 Å². The average molecular weight is 407 g/mol. The molecule has 2 amide bonds. The van der Waals surface area contributed by atoms with Crippen LogP contribution in [0.1, 0.15) is 32.6 Å². The van der Waals surface area contributed by atoms with Gasteiger partial charge in [-0.3, -0.25) is 19.0 Å². The molecular weight excluding hydrogens is 380 g/mol. The molecule has 28 heavy (non-hydrogen) atoms. The van der Waals surface area contributed by atoms with E-state index in [1.807, 2.05) is 0 Å².